The van der Waals surface area contributed by atoms with Crippen LogP contribution in [0.25, 0.3) is 0 Å². The Morgan fingerprint density at radius 1 is 0.914 bits per heavy atom. The first-order chi connectivity index (χ1) is 17.0. The van der Waals surface area contributed by atoms with Gasteiger partial charge in [0.05, 0.1) is 10.6 Å². The second kappa shape index (κ2) is 11.5. The third-order valence-corrected chi connectivity index (χ3v) is 8.94. The van der Waals surface area contributed by atoms with Gasteiger partial charge in [0, 0.05) is 5.75 Å². The van der Waals surface area contributed by atoms with E-state index in [0.29, 0.717) is 15.2 Å². The SMILES string of the molecule is CCc1ccc(N(CC(=O)Nc2nnc(SCc3ccccc3)s2)S(=O)(=O)c2ccccc2)cc1. The average Bonchev–Trinajstić information content (AvgIpc) is 3.34. The zero-order valence-corrected chi connectivity index (χ0v) is 21.4. The summed E-state index contributed by atoms with van der Waals surface area (Å²) in [5.41, 5.74) is 2.65. The molecule has 0 aliphatic rings. The number of sulfonamides is 1. The molecule has 0 aliphatic heterocycles. The smallest absolute Gasteiger partial charge is 0.264 e. The minimum Gasteiger partial charge on any atom is -0.299 e. The fourth-order valence-corrected chi connectivity index (χ4v) is 6.43. The third-order valence-electron chi connectivity index (χ3n) is 5.11. The van der Waals surface area contributed by atoms with Crippen LogP contribution in [0.3, 0.4) is 0 Å². The number of hydrogen-bond acceptors (Lipinski definition) is 7. The summed E-state index contributed by atoms with van der Waals surface area (Å²) in [5.74, 6) is 0.236. The summed E-state index contributed by atoms with van der Waals surface area (Å²) in [6.45, 7) is 1.63. The van der Waals surface area contributed by atoms with Crippen LogP contribution in [0.15, 0.2) is 94.2 Å². The minimum absolute atomic E-state index is 0.114. The molecule has 3 aromatic carbocycles. The van der Waals surface area contributed by atoms with E-state index >= 15 is 0 Å². The van der Waals surface area contributed by atoms with Crippen LogP contribution in [0.5, 0.6) is 0 Å². The monoisotopic (exact) mass is 524 g/mol. The van der Waals surface area contributed by atoms with Crippen LogP contribution in [0.4, 0.5) is 10.8 Å². The summed E-state index contributed by atoms with van der Waals surface area (Å²) < 4.78 is 28.7. The molecule has 0 spiro atoms. The summed E-state index contributed by atoms with van der Waals surface area (Å²) in [5, 5.41) is 11.2. The molecule has 7 nitrogen and oxygen atoms in total. The van der Waals surface area contributed by atoms with Gasteiger partial charge in [0.15, 0.2) is 4.34 Å². The van der Waals surface area contributed by atoms with Crippen molar-refractivity contribution in [1.29, 1.82) is 0 Å². The lowest BCUT2D eigenvalue weighted by Crippen LogP contribution is -2.38. The largest absolute Gasteiger partial charge is 0.299 e. The maximum atomic E-state index is 13.4. The molecule has 0 aliphatic carbocycles. The number of thioether (sulfide) groups is 1. The first-order valence-electron chi connectivity index (χ1n) is 10.9. The van der Waals surface area contributed by atoms with Crippen molar-refractivity contribution in [1.82, 2.24) is 10.2 Å². The molecule has 35 heavy (non-hydrogen) atoms. The molecule has 0 unspecified atom stereocenters. The van der Waals surface area contributed by atoms with Gasteiger partial charge in [0.2, 0.25) is 11.0 Å². The number of amides is 1. The highest BCUT2D eigenvalue weighted by Crippen LogP contribution is 2.29. The molecule has 4 rings (SSSR count). The van der Waals surface area contributed by atoms with Gasteiger partial charge in [-0.3, -0.25) is 14.4 Å². The van der Waals surface area contributed by atoms with Crippen molar-refractivity contribution < 1.29 is 13.2 Å². The number of nitrogens with one attached hydrogen (secondary N) is 1. The Morgan fingerprint density at radius 2 is 1.57 bits per heavy atom. The molecule has 0 atom stereocenters. The van der Waals surface area contributed by atoms with Crippen molar-refractivity contribution in [2.24, 2.45) is 0 Å². The molecular formula is C25H24N4O3S3. The minimum atomic E-state index is -3.96. The second-order valence-corrected chi connectivity index (χ2v) is 11.6. The van der Waals surface area contributed by atoms with Gasteiger partial charge >= 0.3 is 0 Å². The predicted octanol–water partition coefficient (Wildman–Crippen LogP) is 5.23. The van der Waals surface area contributed by atoms with Crippen molar-refractivity contribution in [3.63, 3.8) is 0 Å². The topological polar surface area (TPSA) is 92.3 Å². The zero-order chi connectivity index (χ0) is 24.7. The quantitative estimate of drug-likeness (QED) is 0.226. The van der Waals surface area contributed by atoms with Crippen LogP contribution in [-0.4, -0.2) is 31.1 Å². The maximum absolute atomic E-state index is 13.4. The number of benzene rings is 3. The van der Waals surface area contributed by atoms with Gasteiger partial charge in [-0.25, -0.2) is 8.42 Å². The molecule has 0 saturated carbocycles. The fraction of sp³-hybridized carbons (Fsp3) is 0.160. The molecule has 180 valence electrons. The molecule has 0 fully saturated rings. The van der Waals surface area contributed by atoms with Crippen molar-refractivity contribution in [2.45, 2.75) is 28.3 Å². The lowest BCUT2D eigenvalue weighted by Gasteiger charge is -2.24. The van der Waals surface area contributed by atoms with Crippen molar-refractivity contribution >= 4 is 49.8 Å². The van der Waals surface area contributed by atoms with Gasteiger partial charge in [-0.2, -0.15) is 0 Å². The summed E-state index contributed by atoms with van der Waals surface area (Å²) in [6.07, 6.45) is 0.827. The lowest BCUT2D eigenvalue weighted by molar-refractivity contribution is -0.114. The first-order valence-corrected chi connectivity index (χ1v) is 14.2. The van der Waals surface area contributed by atoms with E-state index in [2.05, 4.69) is 15.5 Å². The Bertz CT molecular complexity index is 1360. The number of aromatic nitrogens is 2. The van der Waals surface area contributed by atoms with Gasteiger partial charge in [0.25, 0.3) is 10.0 Å². The van der Waals surface area contributed by atoms with Gasteiger partial charge in [-0.15, -0.1) is 10.2 Å². The van der Waals surface area contributed by atoms with E-state index in [9.17, 15) is 13.2 Å². The van der Waals surface area contributed by atoms with E-state index in [1.54, 1.807) is 30.3 Å². The highest BCUT2D eigenvalue weighted by atomic mass is 32.2. The molecular weight excluding hydrogens is 501 g/mol. The van der Waals surface area contributed by atoms with Crippen molar-refractivity contribution in [3.8, 4) is 0 Å². The van der Waals surface area contributed by atoms with Gasteiger partial charge in [0.1, 0.15) is 6.54 Å². The molecule has 1 amide bonds. The van der Waals surface area contributed by atoms with E-state index < -0.39 is 22.5 Å². The predicted molar refractivity (Wildman–Crippen MR) is 141 cm³/mol. The van der Waals surface area contributed by atoms with Crippen molar-refractivity contribution in [2.75, 3.05) is 16.2 Å². The number of carbonyl (C=O) groups excluding carboxylic acids is 1. The summed E-state index contributed by atoms with van der Waals surface area (Å²) in [7, 11) is -3.96. The molecule has 1 N–H and O–H groups in total. The van der Waals surface area contributed by atoms with E-state index in [0.717, 1.165) is 27.6 Å². The van der Waals surface area contributed by atoms with Crippen LogP contribution in [-0.2, 0) is 27.0 Å². The van der Waals surface area contributed by atoms with Crippen molar-refractivity contribution in [3.05, 3.63) is 96.1 Å². The Balaban J connectivity index is 1.49. The van der Waals surface area contributed by atoms with Gasteiger partial charge in [-0.1, -0.05) is 90.7 Å². The number of carbonyl (C=O) groups is 1. The second-order valence-electron chi connectivity index (χ2n) is 7.54. The van der Waals surface area contributed by atoms with E-state index in [1.165, 1.54) is 35.2 Å². The summed E-state index contributed by atoms with van der Waals surface area (Å²) >= 11 is 2.78. The third kappa shape index (κ3) is 6.47. The lowest BCUT2D eigenvalue weighted by atomic mass is 10.1. The van der Waals surface area contributed by atoms with E-state index in [-0.39, 0.29) is 4.90 Å². The molecule has 4 aromatic rings. The Hall–Kier alpha value is -3.21. The van der Waals surface area contributed by atoms with Gasteiger partial charge < -0.3 is 0 Å². The summed E-state index contributed by atoms with van der Waals surface area (Å²) in [4.78, 5) is 13.0. The Kier molecular flexibility index (Phi) is 8.17. The maximum Gasteiger partial charge on any atom is 0.264 e. The highest BCUT2D eigenvalue weighted by molar-refractivity contribution is 8.00. The number of aryl methyl sites for hydroxylation is 1. The normalized spacial score (nSPS) is 11.2. The van der Waals surface area contributed by atoms with Crippen LogP contribution in [0.2, 0.25) is 0 Å². The summed E-state index contributed by atoms with van der Waals surface area (Å²) in [6, 6.07) is 25.2. The number of hydrogen-bond donors (Lipinski definition) is 1. The Morgan fingerprint density at radius 3 is 2.23 bits per heavy atom. The standard InChI is InChI=1S/C25H24N4O3S3/c1-2-19-13-15-21(16-14-19)29(35(31,32)22-11-7-4-8-12-22)17-23(30)26-24-27-28-25(34-24)33-18-20-9-5-3-6-10-20/h3-16H,2,17-18H2,1H3,(H,26,27,30). The van der Waals surface area contributed by atoms with E-state index in [1.807, 2.05) is 49.4 Å². The molecule has 0 bridgehead atoms. The van der Waals surface area contributed by atoms with Gasteiger partial charge in [-0.05, 0) is 41.8 Å². The van der Waals surface area contributed by atoms with E-state index in [4.69, 9.17) is 0 Å². The molecule has 0 saturated heterocycles. The first kappa shape index (κ1) is 24.9. The van der Waals surface area contributed by atoms with Crippen LogP contribution < -0.4 is 9.62 Å². The highest BCUT2D eigenvalue weighted by Gasteiger charge is 2.27. The number of nitrogens with zero attached hydrogens (tertiary/aromatic N) is 3. The molecule has 1 aromatic heterocycles. The molecule has 10 heteroatoms. The molecule has 0 radical (unpaired) electrons. The Labute approximate surface area is 213 Å². The van der Waals surface area contributed by atoms with Crippen LogP contribution in [0.1, 0.15) is 18.1 Å². The number of rotatable bonds is 10. The molecule has 1 heterocycles. The zero-order valence-electron chi connectivity index (χ0n) is 19.0. The van der Waals surface area contributed by atoms with Crippen LogP contribution >= 0.6 is 23.1 Å². The fourth-order valence-electron chi connectivity index (χ4n) is 3.26. The van der Waals surface area contributed by atoms with Crippen LogP contribution in [0, 0.1) is 0 Å². The average molecular weight is 525 g/mol. The number of anilines is 2.